The first-order valence-electron chi connectivity index (χ1n) is 12.0. The number of nitrogens with zero attached hydrogens (tertiary/aromatic N) is 3. The lowest BCUT2D eigenvalue weighted by atomic mass is 9.88. The summed E-state index contributed by atoms with van der Waals surface area (Å²) in [5, 5.41) is 0. The summed E-state index contributed by atoms with van der Waals surface area (Å²) in [7, 11) is 0. The quantitative estimate of drug-likeness (QED) is 0.459. The summed E-state index contributed by atoms with van der Waals surface area (Å²) in [6, 6.07) is 21.3. The molecule has 4 nitrogen and oxygen atoms in total. The maximum absolute atomic E-state index is 13.3. The van der Waals surface area contributed by atoms with Crippen molar-refractivity contribution in [1.82, 2.24) is 9.88 Å². The Kier molecular flexibility index (Phi) is 6.19. The molecule has 1 saturated heterocycles. The predicted octanol–water partition coefficient (Wildman–Crippen LogP) is 5.79. The zero-order chi connectivity index (χ0) is 22.8. The molecule has 0 bridgehead atoms. The van der Waals surface area contributed by atoms with Gasteiger partial charge in [0.15, 0.2) is 5.78 Å². The maximum Gasteiger partial charge on any atom is 0.163 e. The van der Waals surface area contributed by atoms with Crippen LogP contribution in [0.25, 0.3) is 0 Å². The number of aryl methyl sites for hydroxylation is 1. The van der Waals surface area contributed by atoms with E-state index in [1.165, 1.54) is 11.1 Å². The Morgan fingerprint density at radius 2 is 1.97 bits per heavy atom. The second kappa shape index (κ2) is 9.40. The molecule has 0 aliphatic carbocycles. The summed E-state index contributed by atoms with van der Waals surface area (Å²) < 4.78 is 0. The number of pyridine rings is 1. The van der Waals surface area contributed by atoms with Gasteiger partial charge in [0.05, 0.1) is 12.3 Å². The number of ketones is 1. The van der Waals surface area contributed by atoms with Crippen LogP contribution in [-0.2, 0) is 6.54 Å². The smallest absolute Gasteiger partial charge is 0.163 e. The van der Waals surface area contributed by atoms with E-state index >= 15 is 0 Å². The fraction of sp³-hybridized carbons (Fsp3) is 0.345. The van der Waals surface area contributed by atoms with Crippen LogP contribution in [0.5, 0.6) is 0 Å². The van der Waals surface area contributed by atoms with E-state index in [9.17, 15) is 4.79 Å². The number of likely N-dealkylation sites (tertiary alicyclic amines) is 1. The van der Waals surface area contributed by atoms with Crippen LogP contribution in [-0.4, -0.2) is 34.5 Å². The molecule has 168 valence electrons. The third-order valence-corrected chi connectivity index (χ3v) is 7.12. The van der Waals surface area contributed by atoms with E-state index in [-0.39, 0.29) is 5.78 Å². The number of benzene rings is 2. The van der Waals surface area contributed by atoms with Crippen molar-refractivity contribution in [3.8, 4) is 0 Å². The Morgan fingerprint density at radius 3 is 2.79 bits per heavy atom. The summed E-state index contributed by atoms with van der Waals surface area (Å²) in [5.74, 6) is 0.649. The lowest BCUT2D eigenvalue weighted by Crippen LogP contribution is -2.38. The van der Waals surface area contributed by atoms with Crippen molar-refractivity contribution in [1.29, 1.82) is 0 Å². The fourth-order valence-electron chi connectivity index (χ4n) is 5.24. The van der Waals surface area contributed by atoms with E-state index in [1.54, 1.807) is 0 Å². The molecule has 0 saturated carbocycles. The van der Waals surface area contributed by atoms with Gasteiger partial charge in [-0.3, -0.25) is 19.7 Å². The lowest BCUT2D eigenvalue weighted by Gasteiger charge is -2.37. The Bertz CT molecular complexity index is 1180. The second-order valence-corrected chi connectivity index (χ2v) is 9.44. The first-order valence-corrected chi connectivity index (χ1v) is 12.0. The van der Waals surface area contributed by atoms with Gasteiger partial charge in [-0.1, -0.05) is 42.5 Å². The normalized spacial score (nSPS) is 19.1. The van der Waals surface area contributed by atoms with Gasteiger partial charge in [0.25, 0.3) is 0 Å². The van der Waals surface area contributed by atoms with Gasteiger partial charge in [0.2, 0.25) is 0 Å². The van der Waals surface area contributed by atoms with Crippen molar-refractivity contribution in [2.45, 2.75) is 45.7 Å². The molecule has 4 heteroatoms. The summed E-state index contributed by atoms with van der Waals surface area (Å²) in [6.45, 7) is 7.03. The Balaban J connectivity index is 1.29. The van der Waals surface area contributed by atoms with Gasteiger partial charge in [0.1, 0.15) is 0 Å². The third-order valence-electron chi connectivity index (χ3n) is 7.12. The van der Waals surface area contributed by atoms with Crippen LogP contribution in [0.4, 0.5) is 0 Å². The van der Waals surface area contributed by atoms with Crippen LogP contribution in [0.15, 0.2) is 71.9 Å². The van der Waals surface area contributed by atoms with Crippen LogP contribution in [0.2, 0.25) is 0 Å². The number of rotatable bonds is 6. The van der Waals surface area contributed by atoms with Crippen molar-refractivity contribution in [3.63, 3.8) is 0 Å². The van der Waals surface area contributed by atoms with Crippen LogP contribution >= 0.6 is 0 Å². The first-order chi connectivity index (χ1) is 16.1. The average molecular weight is 438 g/mol. The second-order valence-electron chi connectivity index (χ2n) is 9.44. The minimum atomic E-state index is 0.245. The van der Waals surface area contributed by atoms with Gasteiger partial charge < -0.3 is 0 Å². The molecule has 1 fully saturated rings. The van der Waals surface area contributed by atoms with Crippen LogP contribution in [0.1, 0.15) is 70.5 Å². The molecule has 2 atom stereocenters. The topological polar surface area (TPSA) is 45.6 Å². The summed E-state index contributed by atoms with van der Waals surface area (Å²) in [5.41, 5.74) is 7.46. The minimum absolute atomic E-state index is 0.245. The van der Waals surface area contributed by atoms with Gasteiger partial charge in [-0.25, -0.2) is 0 Å². The van der Waals surface area contributed by atoms with E-state index in [2.05, 4.69) is 65.3 Å². The molecule has 33 heavy (non-hydrogen) atoms. The van der Waals surface area contributed by atoms with E-state index in [1.807, 2.05) is 25.3 Å². The maximum atomic E-state index is 13.3. The highest BCUT2D eigenvalue weighted by Gasteiger charge is 2.27. The standard InChI is InChI=1S/C29H31N3O/c1-20-15-25(12-13-30-20)29-27-17-24(10-11-26(27)18-31-29)28(33)16-22-7-6-14-32(19-22)21(2)23-8-4-3-5-9-23/h3-5,8-13,15,17,21-22H,6-7,14,16,18-19H2,1-2H3/t21?,22-/m0/s1. The van der Waals surface area contributed by atoms with Crippen LogP contribution < -0.4 is 0 Å². The molecule has 3 aromatic rings. The van der Waals surface area contributed by atoms with Gasteiger partial charge in [-0.2, -0.15) is 0 Å². The molecule has 1 aromatic heterocycles. The Morgan fingerprint density at radius 1 is 1.12 bits per heavy atom. The number of Topliss-reactive ketones (excluding diaryl/α,β-unsaturated/α-hetero) is 1. The molecule has 1 unspecified atom stereocenters. The van der Waals surface area contributed by atoms with E-state index in [0.29, 0.717) is 24.9 Å². The number of hydrogen-bond donors (Lipinski definition) is 0. The van der Waals surface area contributed by atoms with Crippen molar-refractivity contribution in [2.75, 3.05) is 13.1 Å². The Hall–Kier alpha value is -3.11. The van der Waals surface area contributed by atoms with Crippen molar-refractivity contribution >= 4 is 11.5 Å². The fourth-order valence-corrected chi connectivity index (χ4v) is 5.24. The molecule has 2 aromatic carbocycles. The summed E-state index contributed by atoms with van der Waals surface area (Å²) in [4.78, 5) is 24.9. The van der Waals surface area contributed by atoms with Gasteiger partial charge in [-0.05, 0) is 68.5 Å². The monoisotopic (exact) mass is 437 g/mol. The number of aromatic nitrogens is 1. The van der Waals surface area contributed by atoms with Crippen molar-refractivity contribution in [3.05, 3.63) is 100 Å². The van der Waals surface area contributed by atoms with Crippen molar-refractivity contribution in [2.24, 2.45) is 10.9 Å². The summed E-state index contributed by atoms with van der Waals surface area (Å²) >= 11 is 0. The average Bonchev–Trinajstić information content (AvgIpc) is 3.27. The molecular formula is C29H31N3O. The number of hydrogen-bond acceptors (Lipinski definition) is 4. The van der Waals surface area contributed by atoms with Crippen LogP contribution in [0, 0.1) is 12.8 Å². The molecule has 0 amide bonds. The number of piperidine rings is 1. The van der Waals surface area contributed by atoms with Gasteiger partial charge in [0, 0.05) is 47.6 Å². The highest BCUT2D eigenvalue weighted by Crippen LogP contribution is 2.30. The molecule has 2 aliphatic heterocycles. The predicted molar refractivity (Wildman–Crippen MR) is 133 cm³/mol. The number of carbonyl (C=O) groups is 1. The zero-order valence-electron chi connectivity index (χ0n) is 19.5. The highest BCUT2D eigenvalue weighted by molar-refractivity contribution is 6.16. The highest BCUT2D eigenvalue weighted by atomic mass is 16.1. The largest absolute Gasteiger partial charge is 0.296 e. The lowest BCUT2D eigenvalue weighted by molar-refractivity contribution is 0.0879. The number of carbonyl (C=O) groups excluding carboxylic acids is 1. The van der Waals surface area contributed by atoms with Gasteiger partial charge in [-0.15, -0.1) is 0 Å². The van der Waals surface area contributed by atoms with Gasteiger partial charge >= 0.3 is 0 Å². The number of fused-ring (bicyclic) bond motifs is 1. The molecule has 2 aliphatic rings. The van der Waals surface area contributed by atoms with Crippen molar-refractivity contribution < 1.29 is 4.79 Å². The minimum Gasteiger partial charge on any atom is -0.296 e. The SMILES string of the molecule is Cc1cc(C2=NCc3ccc(C(=O)C[C@@H]4CCCN(C(C)c5ccccc5)C4)cc32)ccn1. The summed E-state index contributed by atoms with van der Waals surface area (Å²) in [6.07, 6.45) is 4.71. The van der Waals surface area contributed by atoms with E-state index in [4.69, 9.17) is 4.99 Å². The van der Waals surface area contributed by atoms with E-state index < -0.39 is 0 Å². The Labute approximate surface area is 196 Å². The first kappa shape index (κ1) is 21.7. The number of aliphatic imine (C=N–C) groups is 1. The molecule has 0 spiro atoms. The van der Waals surface area contributed by atoms with E-state index in [0.717, 1.165) is 54.0 Å². The molecule has 0 N–H and O–H groups in total. The molecule has 0 radical (unpaired) electrons. The molecule has 5 rings (SSSR count). The third kappa shape index (κ3) is 4.67. The molecular weight excluding hydrogens is 406 g/mol. The molecule has 3 heterocycles. The van der Waals surface area contributed by atoms with Crippen LogP contribution in [0.3, 0.4) is 0 Å². The zero-order valence-corrected chi connectivity index (χ0v) is 19.5.